The highest BCUT2D eigenvalue weighted by atomic mass is 35.5. The second-order valence-corrected chi connectivity index (χ2v) is 12.1. The largest absolute Gasteiger partial charge is 0.352 e. The van der Waals surface area contributed by atoms with Crippen LogP contribution in [0.4, 0.5) is 5.69 Å². The highest BCUT2D eigenvalue weighted by Crippen LogP contribution is 2.29. The molecule has 208 valence electrons. The van der Waals surface area contributed by atoms with Gasteiger partial charge in [0.15, 0.2) is 0 Å². The van der Waals surface area contributed by atoms with Gasteiger partial charge in [0.25, 0.3) is 10.0 Å². The standard InChI is InChI=1S/C29H33Cl2N3O4S/c1-5-21(3)32-29(36)22(4)33(18-23-11-13-24(30)14-12-23)28(35)19-34(27-16-15-25(31)17-20(27)2)39(37,38)26-9-7-6-8-10-26/h6-17,21-22H,5,18-19H2,1-4H3,(H,32,36). The van der Waals surface area contributed by atoms with E-state index >= 15 is 0 Å². The first-order valence-electron chi connectivity index (χ1n) is 12.6. The number of anilines is 1. The first kappa shape index (κ1) is 30.5. The monoisotopic (exact) mass is 589 g/mol. The number of amides is 2. The molecule has 7 nitrogen and oxygen atoms in total. The predicted octanol–water partition coefficient (Wildman–Crippen LogP) is 5.83. The van der Waals surface area contributed by atoms with Gasteiger partial charge >= 0.3 is 0 Å². The Bertz CT molecular complexity index is 1400. The van der Waals surface area contributed by atoms with E-state index in [1.54, 1.807) is 74.5 Å². The number of aryl methyl sites for hydroxylation is 1. The maximum atomic E-state index is 13.9. The van der Waals surface area contributed by atoms with Crippen LogP contribution in [-0.4, -0.2) is 43.8 Å². The topological polar surface area (TPSA) is 86.8 Å². The summed E-state index contributed by atoms with van der Waals surface area (Å²) < 4.78 is 28.8. The molecular formula is C29H33Cl2N3O4S. The number of carbonyl (C=O) groups excluding carboxylic acids is 2. The van der Waals surface area contributed by atoms with Gasteiger partial charge in [-0.3, -0.25) is 13.9 Å². The Kier molecular flexibility index (Phi) is 10.4. The molecule has 0 aliphatic heterocycles. The molecule has 0 saturated heterocycles. The molecule has 2 amide bonds. The van der Waals surface area contributed by atoms with Crippen molar-refractivity contribution in [1.82, 2.24) is 10.2 Å². The SMILES string of the molecule is CCC(C)NC(=O)C(C)N(Cc1ccc(Cl)cc1)C(=O)CN(c1ccc(Cl)cc1C)S(=O)(=O)c1ccccc1. The number of sulfonamides is 1. The molecule has 0 bridgehead atoms. The average molecular weight is 591 g/mol. The summed E-state index contributed by atoms with van der Waals surface area (Å²) in [5, 5.41) is 3.90. The van der Waals surface area contributed by atoms with Gasteiger partial charge in [0.05, 0.1) is 10.6 Å². The fraction of sp³-hybridized carbons (Fsp3) is 0.310. The minimum Gasteiger partial charge on any atom is -0.352 e. The van der Waals surface area contributed by atoms with Crippen molar-refractivity contribution in [2.24, 2.45) is 0 Å². The smallest absolute Gasteiger partial charge is 0.264 e. The number of benzene rings is 3. The maximum absolute atomic E-state index is 13.9. The Morgan fingerprint density at radius 1 is 0.923 bits per heavy atom. The van der Waals surface area contributed by atoms with Gasteiger partial charge in [0.1, 0.15) is 12.6 Å². The molecule has 1 N–H and O–H groups in total. The van der Waals surface area contributed by atoms with Gasteiger partial charge in [0.2, 0.25) is 11.8 Å². The maximum Gasteiger partial charge on any atom is 0.264 e. The van der Waals surface area contributed by atoms with Gasteiger partial charge in [-0.25, -0.2) is 8.42 Å². The van der Waals surface area contributed by atoms with Crippen LogP contribution in [0.15, 0.2) is 77.7 Å². The fourth-order valence-corrected chi connectivity index (χ4v) is 5.82. The van der Waals surface area contributed by atoms with Gasteiger partial charge in [-0.15, -0.1) is 0 Å². The van der Waals surface area contributed by atoms with E-state index in [4.69, 9.17) is 23.2 Å². The van der Waals surface area contributed by atoms with Gasteiger partial charge < -0.3 is 10.2 Å². The second kappa shape index (κ2) is 13.3. The molecule has 0 fully saturated rings. The number of nitrogens with zero attached hydrogens (tertiary/aromatic N) is 2. The number of halogens is 2. The van der Waals surface area contributed by atoms with Crippen molar-refractivity contribution in [3.8, 4) is 0 Å². The zero-order valence-electron chi connectivity index (χ0n) is 22.4. The second-order valence-electron chi connectivity index (χ2n) is 9.40. The summed E-state index contributed by atoms with van der Waals surface area (Å²) >= 11 is 12.2. The van der Waals surface area contributed by atoms with E-state index in [0.717, 1.165) is 16.3 Å². The quantitative estimate of drug-likeness (QED) is 0.305. The Hall–Kier alpha value is -3.07. The third-order valence-corrected chi connectivity index (χ3v) is 8.73. The molecule has 0 aliphatic carbocycles. The fourth-order valence-electron chi connectivity index (χ4n) is 3.97. The first-order chi connectivity index (χ1) is 18.4. The first-order valence-corrected chi connectivity index (χ1v) is 14.8. The van der Waals surface area contributed by atoms with Crippen LogP contribution >= 0.6 is 23.2 Å². The molecule has 2 unspecified atom stereocenters. The summed E-state index contributed by atoms with van der Waals surface area (Å²) in [4.78, 5) is 28.5. The summed E-state index contributed by atoms with van der Waals surface area (Å²) in [6, 6.07) is 18.7. The zero-order chi connectivity index (χ0) is 28.7. The van der Waals surface area contributed by atoms with Gasteiger partial charge in [-0.2, -0.15) is 0 Å². The van der Waals surface area contributed by atoms with E-state index in [1.165, 1.54) is 17.0 Å². The van der Waals surface area contributed by atoms with E-state index < -0.39 is 28.5 Å². The molecule has 3 aromatic rings. The van der Waals surface area contributed by atoms with Crippen LogP contribution in [0.5, 0.6) is 0 Å². The molecule has 39 heavy (non-hydrogen) atoms. The minimum atomic E-state index is -4.14. The molecular weight excluding hydrogens is 557 g/mol. The molecule has 0 aromatic heterocycles. The normalized spacial score (nSPS) is 12.9. The van der Waals surface area contributed by atoms with E-state index in [1.807, 2.05) is 13.8 Å². The lowest BCUT2D eigenvalue weighted by molar-refractivity contribution is -0.139. The number of carbonyl (C=O) groups is 2. The number of hydrogen-bond donors (Lipinski definition) is 1. The molecule has 0 radical (unpaired) electrons. The molecule has 2 atom stereocenters. The van der Waals surface area contributed by atoms with Gasteiger partial charge in [-0.05, 0) is 80.8 Å². The van der Waals surface area contributed by atoms with E-state index in [9.17, 15) is 18.0 Å². The van der Waals surface area contributed by atoms with Crippen LogP contribution in [-0.2, 0) is 26.2 Å². The molecule has 3 rings (SSSR count). The molecule has 0 aliphatic rings. The van der Waals surface area contributed by atoms with E-state index in [0.29, 0.717) is 21.3 Å². The molecule has 3 aromatic carbocycles. The molecule has 0 saturated carbocycles. The van der Waals surface area contributed by atoms with Crippen molar-refractivity contribution in [2.45, 2.75) is 57.6 Å². The Labute approximate surface area is 240 Å². The van der Waals surface area contributed by atoms with Crippen molar-refractivity contribution in [1.29, 1.82) is 0 Å². The lowest BCUT2D eigenvalue weighted by atomic mass is 10.1. The third kappa shape index (κ3) is 7.75. The lowest BCUT2D eigenvalue weighted by Crippen LogP contribution is -2.52. The van der Waals surface area contributed by atoms with Gasteiger partial charge in [-0.1, -0.05) is 60.5 Å². The molecule has 0 heterocycles. The van der Waals surface area contributed by atoms with Crippen LogP contribution in [0.25, 0.3) is 0 Å². The average Bonchev–Trinajstić information content (AvgIpc) is 2.91. The van der Waals surface area contributed by atoms with Crippen LogP contribution in [0.1, 0.15) is 38.3 Å². The molecule has 10 heteroatoms. The zero-order valence-corrected chi connectivity index (χ0v) is 24.7. The number of rotatable bonds is 11. The predicted molar refractivity (Wildman–Crippen MR) is 157 cm³/mol. The van der Waals surface area contributed by atoms with Crippen molar-refractivity contribution in [3.05, 3.63) is 94.0 Å². The van der Waals surface area contributed by atoms with Crippen LogP contribution in [0.2, 0.25) is 10.0 Å². The summed E-state index contributed by atoms with van der Waals surface area (Å²) in [7, 11) is -4.14. The lowest BCUT2D eigenvalue weighted by Gasteiger charge is -2.33. The van der Waals surface area contributed by atoms with E-state index in [-0.39, 0.29) is 23.4 Å². The van der Waals surface area contributed by atoms with Crippen molar-refractivity contribution in [2.75, 3.05) is 10.8 Å². The van der Waals surface area contributed by atoms with Crippen molar-refractivity contribution >= 4 is 50.7 Å². The molecule has 0 spiro atoms. The third-order valence-electron chi connectivity index (χ3n) is 6.47. The summed E-state index contributed by atoms with van der Waals surface area (Å²) in [6.07, 6.45) is 0.725. The summed E-state index contributed by atoms with van der Waals surface area (Å²) in [5.41, 5.74) is 1.65. The van der Waals surface area contributed by atoms with Crippen LogP contribution in [0, 0.1) is 6.92 Å². The van der Waals surface area contributed by atoms with Crippen molar-refractivity contribution < 1.29 is 18.0 Å². The van der Waals surface area contributed by atoms with Crippen LogP contribution < -0.4 is 9.62 Å². The minimum absolute atomic E-state index is 0.0407. The summed E-state index contributed by atoms with van der Waals surface area (Å²) in [6.45, 7) is 6.76. The Morgan fingerprint density at radius 2 is 1.54 bits per heavy atom. The number of hydrogen-bond acceptors (Lipinski definition) is 4. The van der Waals surface area contributed by atoms with Crippen molar-refractivity contribution in [3.63, 3.8) is 0 Å². The highest BCUT2D eigenvalue weighted by molar-refractivity contribution is 7.92. The Morgan fingerprint density at radius 3 is 2.13 bits per heavy atom. The number of nitrogens with one attached hydrogen (secondary N) is 1. The van der Waals surface area contributed by atoms with Gasteiger partial charge in [0, 0.05) is 22.6 Å². The summed E-state index contributed by atoms with van der Waals surface area (Å²) in [5.74, 6) is -0.864. The highest BCUT2D eigenvalue weighted by Gasteiger charge is 2.33. The van der Waals surface area contributed by atoms with E-state index in [2.05, 4.69) is 5.32 Å². The Balaban J connectivity index is 2.04. The van der Waals surface area contributed by atoms with Crippen LogP contribution in [0.3, 0.4) is 0 Å².